The highest BCUT2D eigenvalue weighted by Crippen LogP contribution is 2.34. The molecule has 0 saturated heterocycles. The molecular weight excluding hydrogens is 283 g/mol. The molecule has 0 aliphatic rings. The number of aryl methyl sites for hydroxylation is 1. The molecule has 0 saturated carbocycles. The van der Waals surface area contributed by atoms with Gasteiger partial charge in [0.1, 0.15) is 0 Å². The van der Waals surface area contributed by atoms with Gasteiger partial charge in [-0.2, -0.15) is 13.2 Å². The van der Waals surface area contributed by atoms with Crippen LogP contribution < -0.4 is 5.73 Å². The standard InChI is InChI=1S/C11H13BrF3N/c12-9-5-4-8(3-1-2-6-16)10(7-9)11(13,14)15/h4-5,7H,1-3,6,16H2. The quantitative estimate of drug-likeness (QED) is 0.841. The third-order valence-electron chi connectivity index (χ3n) is 2.28. The topological polar surface area (TPSA) is 26.0 Å². The third-order valence-corrected chi connectivity index (χ3v) is 2.77. The van der Waals surface area contributed by atoms with Crippen molar-refractivity contribution in [3.05, 3.63) is 33.8 Å². The lowest BCUT2D eigenvalue weighted by Gasteiger charge is -2.13. The van der Waals surface area contributed by atoms with Crippen LogP contribution in [0.2, 0.25) is 0 Å². The molecule has 1 aromatic carbocycles. The molecule has 2 N–H and O–H groups in total. The van der Waals surface area contributed by atoms with E-state index in [9.17, 15) is 13.2 Å². The molecule has 0 unspecified atom stereocenters. The van der Waals surface area contributed by atoms with Crippen molar-refractivity contribution in [3.63, 3.8) is 0 Å². The molecule has 0 amide bonds. The summed E-state index contributed by atoms with van der Waals surface area (Å²) < 4.78 is 38.5. The smallest absolute Gasteiger partial charge is 0.330 e. The molecule has 0 atom stereocenters. The molecule has 90 valence electrons. The number of nitrogens with two attached hydrogens (primary N) is 1. The largest absolute Gasteiger partial charge is 0.416 e. The Balaban J connectivity index is 2.90. The number of halogens is 4. The molecular formula is C11H13BrF3N. The SMILES string of the molecule is NCCCCc1ccc(Br)cc1C(F)(F)F. The number of hydrogen-bond donors (Lipinski definition) is 1. The fourth-order valence-corrected chi connectivity index (χ4v) is 1.85. The van der Waals surface area contributed by atoms with Crippen LogP contribution in [0.3, 0.4) is 0 Å². The number of unbranched alkanes of at least 4 members (excludes halogenated alkanes) is 1. The maximum absolute atomic E-state index is 12.7. The fourth-order valence-electron chi connectivity index (χ4n) is 1.49. The van der Waals surface area contributed by atoms with Crippen LogP contribution in [0, 0.1) is 0 Å². The van der Waals surface area contributed by atoms with E-state index in [0.29, 0.717) is 29.4 Å². The summed E-state index contributed by atoms with van der Waals surface area (Å²) in [6, 6.07) is 4.27. The first kappa shape index (κ1) is 13.5. The summed E-state index contributed by atoms with van der Waals surface area (Å²) in [5, 5.41) is 0. The summed E-state index contributed by atoms with van der Waals surface area (Å²) in [5.74, 6) is 0. The van der Waals surface area contributed by atoms with E-state index in [4.69, 9.17) is 5.73 Å². The van der Waals surface area contributed by atoms with Gasteiger partial charge in [-0.1, -0.05) is 22.0 Å². The van der Waals surface area contributed by atoms with Gasteiger partial charge in [0.15, 0.2) is 0 Å². The highest BCUT2D eigenvalue weighted by molar-refractivity contribution is 9.10. The highest BCUT2D eigenvalue weighted by Gasteiger charge is 2.33. The molecule has 1 aromatic rings. The van der Waals surface area contributed by atoms with E-state index in [1.807, 2.05) is 0 Å². The van der Waals surface area contributed by atoms with E-state index in [2.05, 4.69) is 15.9 Å². The van der Waals surface area contributed by atoms with Crippen LogP contribution >= 0.6 is 15.9 Å². The Labute approximate surface area is 101 Å². The van der Waals surface area contributed by atoms with Gasteiger partial charge in [-0.05, 0) is 43.5 Å². The summed E-state index contributed by atoms with van der Waals surface area (Å²) in [6.07, 6.45) is -2.45. The van der Waals surface area contributed by atoms with E-state index in [1.54, 1.807) is 6.07 Å². The van der Waals surface area contributed by atoms with Crippen LogP contribution in [0.1, 0.15) is 24.0 Å². The predicted molar refractivity (Wildman–Crippen MR) is 61.1 cm³/mol. The summed E-state index contributed by atoms with van der Waals surface area (Å²) in [6.45, 7) is 0.512. The van der Waals surface area contributed by atoms with Crippen molar-refractivity contribution in [3.8, 4) is 0 Å². The van der Waals surface area contributed by atoms with Crippen molar-refractivity contribution < 1.29 is 13.2 Å². The Hall–Kier alpha value is -0.550. The zero-order valence-corrected chi connectivity index (χ0v) is 10.2. The van der Waals surface area contributed by atoms with Gasteiger partial charge < -0.3 is 5.73 Å². The molecule has 16 heavy (non-hydrogen) atoms. The van der Waals surface area contributed by atoms with E-state index in [-0.39, 0.29) is 0 Å². The summed E-state index contributed by atoms with van der Waals surface area (Å²) in [7, 11) is 0. The van der Waals surface area contributed by atoms with Crippen LogP contribution in [0.25, 0.3) is 0 Å². The summed E-state index contributed by atoms with van der Waals surface area (Å²) >= 11 is 3.05. The summed E-state index contributed by atoms with van der Waals surface area (Å²) in [4.78, 5) is 0. The van der Waals surface area contributed by atoms with Crippen molar-refractivity contribution in [2.45, 2.75) is 25.4 Å². The van der Waals surface area contributed by atoms with Crippen molar-refractivity contribution >= 4 is 15.9 Å². The fraction of sp³-hybridized carbons (Fsp3) is 0.455. The molecule has 0 heterocycles. The lowest BCUT2D eigenvalue weighted by Crippen LogP contribution is -2.09. The molecule has 0 spiro atoms. The second-order valence-corrected chi connectivity index (χ2v) is 4.46. The third kappa shape index (κ3) is 3.79. The van der Waals surface area contributed by atoms with Gasteiger partial charge in [0.05, 0.1) is 5.56 Å². The molecule has 0 fully saturated rings. The van der Waals surface area contributed by atoms with Crippen molar-refractivity contribution in [2.75, 3.05) is 6.54 Å². The van der Waals surface area contributed by atoms with Crippen molar-refractivity contribution in [1.82, 2.24) is 0 Å². The second-order valence-electron chi connectivity index (χ2n) is 3.55. The zero-order chi connectivity index (χ0) is 12.2. The summed E-state index contributed by atoms with van der Waals surface area (Å²) in [5.41, 5.74) is 5.09. The first-order valence-electron chi connectivity index (χ1n) is 5.01. The molecule has 0 aromatic heterocycles. The van der Waals surface area contributed by atoms with E-state index in [0.717, 1.165) is 12.5 Å². The average molecular weight is 296 g/mol. The normalized spacial score (nSPS) is 11.8. The Morgan fingerprint density at radius 3 is 2.44 bits per heavy atom. The minimum atomic E-state index is -4.29. The van der Waals surface area contributed by atoms with E-state index in [1.165, 1.54) is 6.07 Å². The number of rotatable bonds is 4. The number of benzene rings is 1. The molecule has 0 aliphatic heterocycles. The van der Waals surface area contributed by atoms with Gasteiger partial charge in [-0.25, -0.2) is 0 Å². The number of alkyl halides is 3. The first-order chi connectivity index (χ1) is 7.45. The molecule has 1 nitrogen and oxygen atoms in total. The van der Waals surface area contributed by atoms with Crippen LogP contribution in [0.15, 0.2) is 22.7 Å². The Kier molecular flexibility index (Phi) is 4.80. The van der Waals surface area contributed by atoms with Crippen LogP contribution in [-0.2, 0) is 12.6 Å². The van der Waals surface area contributed by atoms with Gasteiger partial charge in [0.2, 0.25) is 0 Å². The monoisotopic (exact) mass is 295 g/mol. The average Bonchev–Trinajstić information content (AvgIpc) is 2.19. The van der Waals surface area contributed by atoms with Gasteiger partial charge in [0.25, 0.3) is 0 Å². The van der Waals surface area contributed by atoms with Crippen LogP contribution in [0.5, 0.6) is 0 Å². The molecule has 0 bridgehead atoms. The maximum Gasteiger partial charge on any atom is 0.416 e. The lowest BCUT2D eigenvalue weighted by molar-refractivity contribution is -0.138. The minimum absolute atomic E-state index is 0.337. The number of hydrogen-bond acceptors (Lipinski definition) is 1. The van der Waals surface area contributed by atoms with Gasteiger partial charge >= 0.3 is 6.18 Å². The van der Waals surface area contributed by atoms with Gasteiger partial charge in [0, 0.05) is 4.47 Å². The Morgan fingerprint density at radius 2 is 1.88 bits per heavy atom. The van der Waals surface area contributed by atoms with Gasteiger partial charge in [-0.3, -0.25) is 0 Å². The minimum Gasteiger partial charge on any atom is -0.330 e. The second kappa shape index (κ2) is 5.68. The maximum atomic E-state index is 12.7. The highest BCUT2D eigenvalue weighted by atomic mass is 79.9. The molecule has 0 aliphatic carbocycles. The van der Waals surface area contributed by atoms with Crippen molar-refractivity contribution in [1.29, 1.82) is 0 Å². The van der Waals surface area contributed by atoms with Crippen LogP contribution in [0.4, 0.5) is 13.2 Å². The van der Waals surface area contributed by atoms with Gasteiger partial charge in [-0.15, -0.1) is 0 Å². The molecule has 1 rings (SSSR count). The van der Waals surface area contributed by atoms with Crippen LogP contribution in [-0.4, -0.2) is 6.54 Å². The lowest BCUT2D eigenvalue weighted by atomic mass is 10.0. The molecule has 0 radical (unpaired) electrons. The zero-order valence-electron chi connectivity index (χ0n) is 8.65. The van der Waals surface area contributed by atoms with E-state index < -0.39 is 11.7 Å². The predicted octanol–water partition coefficient (Wildman–Crippen LogP) is 3.75. The Bertz CT molecular complexity index is 350. The van der Waals surface area contributed by atoms with Crippen molar-refractivity contribution in [2.24, 2.45) is 5.73 Å². The Morgan fingerprint density at radius 1 is 1.19 bits per heavy atom. The molecule has 5 heteroatoms. The first-order valence-corrected chi connectivity index (χ1v) is 5.80. The van der Waals surface area contributed by atoms with E-state index >= 15 is 0 Å².